The number of nitrogen functional groups attached to an aromatic ring is 1. The van der Waals surface area contributed by atoms with Gasteiger partial charge in [-0.2, -0.15) is 5.10 Å². The molecule has 1 heterocycles. The molecule has 0 aliphatic heterocycles. The smallest absolute Gasteiger partial charge is 0.232 e. The Morgan fingerprint density at radius 2 is 1.81 bits per heavy atom. The third kappa shape index (κ3) is 4.72. The fourth-order valence-corrected chi connectivity index (χ4v) is 3.14. The molecule has 1 aliphatic rings. The number of aryl methyl sites for hydroxylation is 1. The first kappa shape index (κ1) is 18.6. The van der Waals surface area contributed by atoms with Gasteiger partial charge in [-0.3, -0.25) is 19.1 Å². The maximum absolute atomic E-state index is 12.3. The Hall–Kier alpha value is -3.16. The van der Waals surface area contributed by atoms with E-state index in [1.54, 1.807) is 31.3 Å². The highest BCUT2D eigenvalue weighted by Crippen LogP contribution is 2.26. The van der Waals surface area contributed by atoms with E-state index < -0.39 is 11.7 Å². The quantitative estimate of drug-likeness (QED) is 0.410. The first-order valence-electron chi connectivity index (χ1n) is 8.96. The maximum atomic E-state index is 12.3. The summed E-state index contributed by atoms with van der Waals surface area (Å²) >= 11 is 0. The molecule has 0 atom stereocenters. The molecule has 27 heavy (non-hydrogen) atoms. The van der Waals surface area contributed by atoms with E-state index in [0.717, 1.165) is 25.7 Å². The molecule has 0 spiro atoms. The van der Waals surface area contributed by atoms with Gasteiger partial charge in [0, 0.05) is 30.4 Å². The Labute approximate surface area is 157 Å². The van der Waals surface area contributed by atoms with E-state index >= 15 is 0 Å². The summed E-state index contributed by atoms with van der Waals surface area (Å²) in [5, 5.41) is 9.58. The van der Waals surface area contributed by atoms with Crippen molar-refractivity contribution in [2.24, 2.45) is 13.0 Å². The van der Waals surface area contributed by atoms with E-state index in [9.17, 15) is 14.4 Å². The van der Waals surface area contributed by atoms with Crippen molar-refractivity contribution in [1.82, 2.24) is 9.78 Å². The summed E-state index contributed by atoms with van der Waals surface area (Å²) < 4.78 is 1.44. The maximum Gasteiger partial charge on any atom is 0.232 e. The molecular weight excluding hydrogens is 346 g/mol. The molecule has 1 aromatic heterocycles. The average molecular weight is 369 g/mol. The predicted molar refractivity (Wildman–Crippen MR) is 102 cm³/mol. The van der Waals surface area contributed by atoms with E-state index in [4.69, 9.17) is 5.73 Å². The molecule has 1 aromatic carbocycles. The number of rotatable bonds is 6. The van der Waals surface area contributed by atoms with Crippen molar-refractivity contribution in [3.63, 3.8) is 0 Å². The number of carbonyl (C=O) groups excluding carboxylic acids is 3. The molecule has 2 amide bonds. The van der Waals surface area contributed by atoms with Crippen molar-refractivity contribution in [1.29, 1.82) is 0 Å². The zero-order valence-corrected chi connectivity index (χ0v) is 15.2. The Balaban J connectivity index is 1.58. The number of nitrogens with two attached hydrogens (primary N) is 1. The van der Waals surface area contributed by atoms with Crippen LogP contribution in [-0.2, 0) is 16.6 Å². The molecule has 2 aromatic rings. The summed E-state index contributed by atoms with van der Waals surface area (Å²) in [6.45, 7) is 0. The molecule has 1 aliphatic carbocycles. The van der Waals surface area contributed by atoms with E-state index in [1.807, 2.05) is 0 Å². The van der Waals surface area contributed by atoms with Gasteiger partial charge in [-0.15, -0.1) is 0 Å². The molecular formula is C19H23N5O3. The normalized spacial score (nSPS) is 14.1. The lowest BCUT2D eigenvalue weighted by Crippen LogP contribution is -2.21. The van der Waals surface area contributed by atoms with Crippen LogP contribution in [-0.4, -0.2) is 27.4 Å². The number of hydrogen-bond acceptors (Lipinski definition) is 5. The van der Waals surface area contributed by atoms with Crippen LogP contribution in [0, 0.1) is 5.92 Å². The Morgan fingerprint density at radius 1 is 1.15 bits per heavy atom. The zero-order chi connectivity index (χ0) is 19.4. The number of aromatic nitrogens is 2. The van der Waals surface area contributed by atoms with E-state index in [-0.39, 0.29) is 23.9 Å². The second kappa shape index (κ2) is 8.03. The number of ketones is 1. The summed E-state index contributed by atoms with van der Waals surface area (Å²) in [6.07, 6.45) is 3.58. The first-order chi connectivity index (χ1) is 12.9. The van der Waals surface area contributed by atoms with Crippen LogP contribution >= 0.6 is 0 Å². The summed E-state index contributed by atoms with van der Waals surface area (Å²) in [5.74, 6) is -0.429. The van der Waals surface area contributed by atoms with Crippen LogP contribution in [0.4, 0.5) is 17.2 Å². The summed E-state index contributed by atoms with van der Waals surface area (Å²) in [7, 11) is 1.65. The minimum atomic E-state index is -0.438. The van der Waals surface area contributed by atoms with Gasteiger partial charge in [0.05, 0.1) is 6.42 Å². The summed E-state index contributed by atoms with van der Waals surface area (Å²) in [6, 6.07) is 8.15. The van der Waals surface area contributed by atoms with Gasteiger partial charge in [0.25, 0.3) is 0 Å². The highest BCUT2D eigenvalue weighted by Gasteiger charge is 2.24. The van der Waals surface area contributed by atoms with Crippen molar-refractivity contribution in [2.75, 3.05) is 16.4 Å². The molecule has 8 nitrogen and oxygen atoms in total. The van der Waals surface area contributed by atoms with Gasteiger partial charge in [-0.1, -0.05) is 12.8 Å². The average Bonchev–Trinajstić information content (AvgIpc) is 3.27. The van der Waals surface area contributed by atoms with Crippen molar-refractivity contribution in [2.45, 2.75) is 32.1 Å². The van der Waals surface area contributed by atoms with E-state index in [0.29, 0.717) is 17.2 Å². The second-order valence-corrected chi connectivity index (χ2v) is 6.78. The largest absolute Gasteiger partial charge is 0.399 e. The van der Waals surface area contributed by atoms with Gasteiger partial charge in [0.1, 0.15) is 11.5 Å². The third-order valence-electron chi connectivity index (χ3n) is 4.66. The highest BCUT2D eigenvalue weighted by molar-refractivity contribution is 6.10. The van der Waals surface area contributed by atoms with Crippen LogP contribution in [0.2, 0.25) is 0 Å². The molecule has 4 N–H and O–H groups in total. The fourth-order valence-electron chi connectivity index (χ4n) is 3.14. The van der Waals surface area contributed by atoms with Gasteiger partial charge < -0.3 is 16.4 Å². The molecule has 8 heteroatoms. The van der Waals surface area contributed by atoms with Gasteiger partial charge in [0.15, 0.2) is 5.78 Å². The van der Waals surface area contributed by atoms with E-state index in [1.165, 1.54) is 10.7 Å². The van der Waals surface area contributed by atoms with Crippen LogP contribution < -0.4 is 16.4 Å². The number of benzene rings is 1. The van der Waals surface area contributed by atoms with E-state index in [2.05, 4.69) is 15.7 Å². The van der Waals surface area contributed by atoms with Crippen molar-refractivity contribution in [3.05, 3.63) is 36.0 Å². The number of anilines is 3. The fraction of sp³-hybridized carbons (Fsp3) is 0.368. The lowest BCUT2D eigenvalue weighted by Gasteiger charge is -2.09. The standard InChI is InChI=1S/C19H23N5O3/c1-24-17(22-19(27)12-4-2-3-5-12)10-15(23-24)16(25)11-18(26)21-14-8-6-13(20)7-9-14/h6-10,12H,2-5,11,20H2,1H3,(H,21,26)(H,22,27). The Kier molecular flexibility index (Phi) is 5.54. The molecule has 142 valence electrons. The van der Waals surface area contributed by atoms with Crippen LogP contribution in [0.3, 0.4) is 0 Å². The number of amides is 2. The Morgan fingerprint density at radius 3 is 2.48 bits per heavy atom. The Bertz CT molecular complexity index is 851. The molecule has 0 radical (unpaired) electrons. The first-order valence-corrected chi connectivity index (χ1v) is 8.96. The van der Waals surface area contributed by atoms with Gasteiger partial charge in [-0.25, -0.2) is 0 Å². The topological polar surface area (TPSA) is 119 Å². The number of hydrogen-bond donors (Lipinski definition) is 3. The third-order valence-corrected chi connectivity index (χ3v) is 4.66. The van der Waals surface area contributed by atoms with Crippen molar-refractivity contribution >= 4 is 34.8 Å². The van der Waals surface area contributed by atoms with Crippen molar-refractivity contribution in [3.8, 4) is 0 Å². The molecule has 0 unspecified atom stereocenters. The molecule has 1 fully saturated rings. The number of nitrogens with zero attached hydrogens (tertiary/aromatic N) is 2. The SMILES string of the molecule is Cn1nc(C(=O)CC(=O)Nc2ccc(N)cc2)cc1NC(=O)C1CCCC1. The molecule has 0 bridgehead atoms. The van der Waals surface area contributed by atoms with Gasteiger partial charge >= 0.3 is 0 Å². The van der Waals surface area contributed by atoms with Crippen molar-refractivity contribution < 1.29 is 14.4 Å². The lowest BCUT2D eigenvalue weighted by molar-refractivity contribution is -0.119. The number of nitrogens with one attached hydrogen (secondary N) is 2. The van der Waals surface area contributed by atoms with Crippen LogP contribution in [0.25, 0.3) is 0 Å². The monoisotopic (exact) mass is 369 g/mol. The van der Waals surface area contributed by atoms with Crippen LogP contribution in [0.15, 0.2) is 30.3 Å². The minimum Gasteiger partial charge on any atom is -0.399 e. The van der Waals surface area contributed by atoms with Gasteiger partial charge in [0.2, 0.25) is 11.8 Å². The molecule has 3 rings (SSSR count). The molecule has 0 saturated heterocycles. The minimum absolute atomic E-state index is 0.0183. The van der Waals surface area contributed by atoms with Crippen LogP contribution in [0.5, 0.6) is 0 Å². The second-order valence-electron chi connectivity index (χ2n) is 6.78. The number of carbonyl (C=O) groups is 3. The van der Waals surface area contributed by atoms with Gasteiger partial charge in [-0.05, 0) is 37.1 Å². The summed E-state index contributed by atoms with van der Waals surface area (Å²) in [5.41, 5.74) is 6.89. The predicted octanol–water partition coefficient (Wildman–Crippen LogP) is 2.34. The highest BCUT2D eigenvalue weighted by atomic mass is 16.2. The number of Topliss-reactive ketones (excluding diaryl/α,β-unsaturated/α-hetero) is 1. The summed E-state index contributed by atoms with van der Waals surface area (Å²) in [4.78, 5) is 36.6. The zero-order valence-electron chi connectivity index (χ0n) is 15.2. The molecule has 1 saturated carbocycles. The lowest BCUT2D eigenvalue weighted by atomic mass is 10.1. The van der Waals surface area contributed by atoms with Crippen LogP contribution in [0.1, 0.15) is 42.6 Å².